The maximum Gasteiger partial charge on any atom is 0.296 e. The monoisotopic (exact) mass is 381 g/mol. The molecular weight excluding hydrogens is 358 g/mol. The number of aliphatic hydroxyl groups is 1. The van der Waals surface area contributed by atoms with E-state index >= 15 is 0 Å². The molecule has 4 rings (SSSR count). The van der Waals surface area contributed by atoms with Gasteiger partial charge in [-0.15, -0.1) is 0 Å². The number of likely N-dealkylation sites (tertiary alicyclic amines) is 1. The molecule has 146 valence electrons. The average molecular weight is 381 g/mol. The Labute approximate surface area is 163 Å². The van der Waals surface area contributed by atoms with Crippen LogP contribution in [0, 0.1) is 0 Å². The van der Waals surface area contributed by atoms with E-state index in [4.69, 9.17) is 9.15 Å². The van der Waals surface area contributed by atoms with Crippen LogP contribution in [-0.4, -0.2) is 34.3 Å². The SMILES string of the molecule is CCOc1ccc(/C(O)=C2/C(=O)C(=O)N(C3CCCC3)C2c2ccco2)cc1. The van der Waals surface area contributed by atoms with Crippen LogP contribution in [-0.2, 0) is 9.59 Å². The second-order valence-corrected chi connectivity index (χ2v) is 7.12. The number of benzene rings is 1. The fourth-order valence-corrected chi connectivity index (χ4v) is 4.17. The van der Waals surface area contributed by atoms with Crippen LogP contribution in [0.3, 0.4) is 0 Å². The molecule has 0 bridgehead atoms. The van der Waals surface area contributed by atoms with E-state index in [1.165, 1.54) is 6.26 Å². The summed E-state index contributed by atoms with van der Waals surface area (Å²) in [6.45, 7) is 2.43. The first-order chi connectivity index (χ1) is 13.6. The number of rotatable bonds is 5. The Morgan fingerprint density at radius 1 is 1.18 bits per heavy atom. The summed E-state index contributed by atoms with van der Waals surface area (Å²) in [7, 11) is 0. The molecule has 1 aliphatic heterocycles. The molecule has 1 saturated carbocycles. The number of ether oxygens (including phenoxy) is 1. The minimum atomic E-state index is -0.704. The molecule has 1 aliphatic carbocycles. The zero-order chi connectivity index (χ0) is 19.7. The lowest BCUT2D eigenvalue weighted by Gasteiger charge is -2.29. The Balaban J connectivity index is 1.79. The molecule has 1 amide bonds. The van der Waals surface area contributed by atoms with Gasteiger partial charge in [-0.05, 0) is 56.2 Å². The van der Waals surface area contributed by atoms with Crippen LogP contribution in [0.15, 0.2) is 52.7 Å². The van der Waals surface area contributed by atoms with Crippen molar-refractivity contribution in [3.8, 4) is 5.75 Å². The van der Waals surface area contributed by atoms with E-state index in [0.717, 1.165) is 25.7 Å². The molecule has 1 unspecified atom stereocenters. The third-order valence-electron chi connectivity index (χ3n) is 5.45. The number of nitrogens with zero attached hydrogens (tertiary/aromatic N) is 1. The van der Waals surface area contributed by atoms with E-state index in [1.807, 2.05) is 6.92 Å². The summed E-state index contributed by atoms with van der Waals surface area (Å²) in [5.41, 5.74) is 0.542. The smallest absolute Gasteiger partial charge is 0.296 e. The summed E-state index contributed by atoms with van der Waals surface area (Å²) in [6.07, 6.45) is 5.27. The molecule has 1 saturated heterocycles. The molecule has 2 aromatic rings. The number of hydrogen-bond donors (Lipinski definition) is 1. The van der Waals surface area contributed by atoms with Gasteiger partial charge in [-0.1, -0.05) is 12.8 Å². The molecule has 0 radical (unpaired) electrons. The van der Waals surface area contributed by atoms with Crippen molar-refractivity contribution in [1.29, 1.82) is 0 Å². The fourth-order valence-electron chi connectivity index (χ4n) is 4.17. The normalized spacial score (nSPS) is 22.2. The summed E-state index contributed by atoms with van der Waals surface area (Å²) in [4.78, 5) is 27.3. The Kier molecular flexibility index (Phi) is 4.94. The van der Waals surface area contributed by atoms with Gasteiger partial charge in [-0.2, -0.15) is 0 Å². The number of amides is 1. The molecular formula is C22H23NO5. The van der Waals surface area contributed by atoms with Crippen LogP contribution < -0.4 is 4.74 Å². The van der Waals surface area contributed by atoms with Gasteiger partial charge in [0.25, 0.3) is 11.7 Å². The Morgan fingerprint density at radius 3 is 2.50 bits per heavy atom. The topological polar surface area (TPSA) is 80.0 Å². The number of aliphatic hydroxyl groups excluding tert-OH is 1. The molecule has 6 nitrogen and oxygen atoms in total. The van der Waals surface area contributed by atoms with Crippen molar-refractivity contribution in [3.05, 3.63) is 59.6 Å². The standard InChI is InChI=1S/C22H23NO5/c1-2-27-16-11-9-14(10-12-16)20(24)18-19(17-8-5-13-28-17)23(22(26)21(18)25)15-6-3-4-7-15/h5,8-13,15,19,24H,2-4,6-7H2,1H3/b20-18-. The summed E-state index contributed by atoms with van der Waals surface area (Å²) >= 11 is 0. The molecule has 1 aromatic carbocycles. The lowest BCUT2D eigenvalue weighted by atomic mass is 9.98. The molecule has 0 spiro atoms. The van der Waals surface area contributed by atoms with E-state index in [9.17, 15) is 14.7 Å². The van der Waals surface area contributed by atoms with Crippen molar-refractivity contribution in [3.63, 3.8) is 0 Å². The maximum atomic E-state index is 12.9. The number of carbonyl (C=O) groups excluding carboxylic acids is 2. The quantitative estimate of drug-likeness (QED) is 0.480. The van der Waals surface area contributed by atoms with Crippen LogP contribution in [0.5, 0.6) is 5.75 Å². The molecule has 2 fully saturated rings. The molecule has 2 aliphatic rings. The Morgan fingerprint density at radius 2 is 1.89 bits per heavy atom. The third kappa shape index (κ3) is 3.09. The van der Waals surface area contributed by atoms with Crippen molar-refractivity contribution >= 4 is 17.4 Å². The van der Waals surface area contributed by atoms with Crippen LogP contribution >= 0.6 is 0 Å². The van der Waals surface area contributed by atoms with Crippen molar-refractivity contribution in [2.75, 3.05) is 6.61 Å². The van der Waals surface area contributed by atoms with Crippen molar-refractivity contribution in [1.82, 2.24) is 4.90 Å². The van der Waals surface area contributed by atoms with E-state index in [2.05, 4.69) is 0 Å². The lowest BCUT2D eigenvalue weighted by molar-refractivity contribution is -0.141. The van der Waals surface area contributed by atoms with Crippen molar-refractivity contribution in [2.24, 2.45) is 0 Å². The zero-order valence-corrected chi connectivity index (χ0v) is 15.8. The first kappa shape index (κ1) is 18.3. The minimum absolute atomic E-state index is 0.0165. The summed E-state index contributed by atoms with van der Waals surface area (Å²) in [5, 5.41) is 11.0. The van der Waals surface area contributed by atoms with Crippen molar-refractivity contribution < 1.29 is 23.8 Å². The minimum Gasteiger partial charge on any atom is -0.507 e. The number of carbonyl (C=O) groups is 2. The number of ketones is 1. The summed E-state index contributed by atoms with van der Waals surface area (Å²) in [5.74, 6) is -0.268. The van der Waals surface area contributed by atoms with Gasteiger partial charge in [0.1, 0.15) is 23.3 Å². The van der Waals surface area contributed by atoms with Gasteiger partial charge in [0.15, 0.2) is 0 Å². The Hall–Kier alpha value is -3.02. The first-order valence-corrected chi connectivity index (χ1v) is 9.68. The fraction of sp³-hybridized carbons (Fsp3) is 0.364. The van der Waals surface area contributed by atoms with Gasteiger partial charge in [-0.25, -0.2) is 0 Å². The molecule has 1 atom stereocenters. The second kappa shape index (κ2) is 7.54. The average Bonchev–Trinajstić information content (AvgIpc) is 3.44. The highest BCUT2D eigenvalue weighted by Gasteiger charge is 2.50. The highest BCUT2D eigenvalue weighted by Crippen LogP contribution is 2.43. The lowest BCUT2D eigenvalue weighted by Crippen LogP contribution is -2.37. The molecule has 6 heteroatoms. The van der Waals surface area contributed by atoms with E-state index in [0.29, 0.717) is 23.7 Å². The molecule has 28 heavy (non-hydrogen) atoms. The van der Waals surface area contributed by atoms with E-state index < -0.39 is 17.7 Å². The third-order valence-corrected chi connectivity index (χ3v) is 5.45. The molecule has 2 heterocycles. The van der Waals surface area contributed by atoms with Crippen LogP contribution in [0.4, 0.5) is 0 Å². The van der Waals surface area contributed by atoms with Crippen LogP contribution in [0.25, 0.3) is 5.76 Å². The Bertz CT molecular complexity index is 892. The zero-order valence-electron chi connectivity index (χ0n) is 15.8. The van der Waals surface area contributed by atoms with Gasteiger partial charge < -0.3 is 19.2 Å². The van der Waals surface area contributed by atoms with Gasteiger partial charge in [0.05, 0.1) is 18.4 Å². The highest BCUT2D eigenvalue weighted by atomic mass is 16.5. The first-order valence-electron chi connectivity index (χ1n) is 9.68. The second-order valence-electron chi connectivity index (χ2n) is 7.12. The molecule has 1 N–H and O–H groups in total. The highest BCUT2D eigenvalue weighted by molar-refractivity contribution is 6.46. The summed E-state index contributed by atoms with van der Waals surface area (Å²) in [6, 6.07) is 9.57. The maximum absolute atomic E-state index is 12.9. The van der Waals surface area contributed by atoms with Gasteiger partial charge in [0, 0.05) is 11.6 Å². The number of hydrogen-bond acceptors (Lipinski definition) is 5. The van der Waals surface area contributed by atoms with Crippen LogP contribution in [0.1, 0.15) is 50.0 Å². The summed E-state index contributed by atoms with van der Waals surface area (Å²) < 4.78 is 11.0. The van der Waals surface area contributed by atoms with E-state index in [-0.39, 0.29) is 17.4 Å². The van der Waals surface area contributed by atoms with E-state index in [1.54, 1.807) is 41.3 Å². The predicted molar refractivity (Wildman–Crippen MR) is 103 cm³/mol. The molecule has 1 aromatic heterocycles. The van der Waals surface area contributed by atoms with Crippen molar-refractivity contribution in [2.45, 2.75) is 44.7 Å². The number of Topliss-reactive ketones (excluding diaryl/α,β-unsaturated/α-hetero) is 1. The van der Waals surface area contributed by atoms with Gasteiger partial charge in [0.2, 0.25) is 0 Å². The van der Waals surface area contributed by atoms with Gasteiger partial charge >= 0.3 is 0 Å². The number of furan rings is 1. The largest absolute Gasteiger partial charge is 0.507 e. The van der Waals surface area contributed by atoms with Gasteiger partial charge in [-0.3, -0.25) is 9.59 Å². The predicted octanol–water partition coefficient (Wildman–Crippen LogP) is 4.04. The van der Waals surface area contributed by atoms with Crippen LogP contribution in [0.2, 0.25) is 0 Å².